The largest absolute Gasteiger partial charge is 0.497 e. The first kappa shape index (κ1) is 20.9. The summed E-state index contributed by atoms with van der Waals surface area (Å²) in [7, 11) is 3.25. The van der Waals surface area contributed by atoms with E-state index in [4.69, 9.17) is 18.9 Å². The van der Waals surface area contributed by atoms with Crippen molar-refractivity contribution in [2.75, 3.05) is 27.4 Å². The summed E-state index contributed by atoms with van der Waals surface area (Å²) in [4.78, 5) is 17.6. The van der Waals surface area contributed by atoms with Crippen LogP contribution in [0, 0.1) is 6.92 Å². The second kappa shape index (κ2) is 9.20. The van der Waals surface area contributed by atoms with Crippen LogP contribution in [0.25, 0.3) is 27.8 Å². The Kier molecular flexibility index (Phi) is 6.20. The van der Waals surface area contributed by atoms with Gasteiger partial charge in [-0.25, -0.2) is 4.98 Å². The van der Waals surface area contributed by atoms with Crippen LogP contribution in [-0.4, -0.2) is 42.8 Å². The van der Waals surface area contributed by atoms with Crippen LogP contribution in [0.4, 0.5) is 0 Å². The van der Waals surface area contributed by atoms with Crippen LogP contribution in [0.3, 0.4) is 0 Å². The molecule has 0 aliphatic rings. The highest BCUT2D eigenvalue weighted by Crippen LogP contribution is 2.34. The molecule has 3 aromatic heterocycles. The average molecular weight is 438 g/mol. The molecular weight excluding hydrogens is 414 g/mol. The minimum atomic E-state index is -0.160. The summed E-state index contributed by atoms with van der Waals surface area (Å²) in [5, 5.41) is 5.75. The van der Waals surface area contributed by atoms with Gasteiger partial charge in [-0.2, -0.15) is 0 Å². The SMILES string of the molecule is COCCNC(=O)c1cc(-c2csc(-c3ccc(OC)cc3)n2)n(-c2ccco2)c1C. The van der Waals surface area contributed by atoms with Crippen molar-refractivity contribution in [2.24, 2.45) is 0 Å². The smallest absolute Gasteiger partial charge is 0.253 e. The summed E-state index contributed by atoms with van der Waals surface area (Å²) in [6, 6.07) is 13.3. The number of hydrogen-bond acceptors (Lipinski definition) is 6. The van der Waals surface area contributed by atoms with Gasteiger partial charge in [-0.05, 0) is 43.3 Å². The molecule has 160 valence electrons. The summed E-state index contributed by atoms with van der Waals surface area (Å²) in [5.74, 6) is 1.26. The van der Waals surface area contributed by atoms with Gasteiger partial charge in [-0.3, -0.25) is 9.36 Å². The lowest BCUT2D eigenvalue weighted by molar-refractivity contribution is 0.0936. The minimum absolute atomic E-state index is 0.160. The molecule has 0 bridgehead atoms. The Labute approximate surface area is 184 Å². The average Bonchev–Trinajstić information content (AvgIpc) is 3.53. The molecule has 4 aromatic rings. The first-order valence-electron chi connectivity index (χ1n) is 9.76. The number of amides is 1. The van der Waals surface area contributed by atoms with Gasteiger partial charge in [0, 0.05) is 36.4 Å². The number of carbonyl (C=O) groups is 1. The molecule has 1 aromatic carbocycles. The first-order valence-corrected chi connectivity index (χ1v) is 10.6. The molecule has 7 nitrogen and oxygen atoms in total. The van der Waals surface area contributed by atoms with Crippen molar-refractivity contribution in [3.8, 4) is 33.6 Å². The predicted molar refractivity (Wildman–Crippen MR) is 120 cm³/mol. The fourth-order valence-electron chi connectivity index (χ4n) is 3.33. The van der Waals surface area contributed by atoms with Crippen LogP contribution in [0.2, 0.25) is 0 Å². The number of carbonyl (C=O) groups excluding carboxylic acids is 1. The van der Waals surface area contributed by atoms with Crippen molar-refractivity contribution in [3.05, 3.63) is 65.4 Å². The lowest BCUT2D eigenvalue weighted by Crippen LogP contribution is -2.27. The Morgan fingerprint density at radius 1 is 1.23 bits per heavy atom. The highest BCUT2D eigenvalue weighted by Gasteiger charge is 2.22. The van der Waals surface area contributed by atoms with Gasteiger partial charge >= 0.3 is 0 Å². The number of aromatic nitrogens is 2. The molecule has 0 spiro atoms. The van der Waals surface area contributed by atoms with Crippen molar-refractivity contribution in [2.45, 2.75) is 6.92 Å². The van der Waals surface area contributed by atoms with E-state index >= 15 is 0 Å². The van der Waals surface area contributed by atoms with Gasteiger partial charge in [0.05, 0.1) is 36.9 Å². The number of ether oxygens (including phenoxy) is 2. The maximum absolute atomic E-state index is 12.8. The van der Waals surface area contributed by atoms with Crippen LogP contribution in [0.1, 0.15) is 16.1 Å². The quantitative estimate of drug-likeness (QED) is 0.409. The normalized spacial score (nSPS) is 10.9. The highest BCUT2D eigenvalue weighted by molar-refractivity contribution is 7.13. The van der Waals surface area contributed by atoms with E-state index in [-0.39, 0.29) is 5.91 Å². The van der Waals surface area contributed by atoms with Gasteiger partial charge in [-0.15, -0.1) is 11.3 Å². The highest BCUT2D eigenvalue weighted by atomic mass is 32.1. The third-order valence-electron chi connectivity index (χ3n) is 4.91. The van der Waals surface area contributed by atoms with Crippen LogP contribution in [0.5, 0.6) is 5.75 Å². The van der Waals surface area contributed by atoms with E-state index in [1.165, 1.54) is 0 Å². The third kappa shape index (κ3) is 4.26. The Morgan fingerprint density at radius 3 is 2.71 bits per heavy atom. The van der Waals surface area contributed by atoms with Gasteiger partial charge < -0.3 is 19.2 Å². The molecule has 31 heavy (non-hydrogen) atoms. The van der Waals surface area contributed by atoms with Crippen LogP contribution in [-0.2, 0) is 4.74 Å². The van der Waals surface area contributed by atoms with Gasteiger partial charge in [0.2, 0.25) is 5.88 Å². The molecule has 4 rings (SSSR count). The Balaban J connectivity index is 1.73. The Bertz CT molecular complexity index is 1160. The second-order valence-corrected chi connectivity index (χ2v) is 7.69. The number of methoxy groups -OCH3 is 2. The Hall–Kier alpha value is -3.36. The monoisotopic (exact) mass is 437 g/mol. The summed E-state index contributed by atoms with van der Waals surface area (Å²) in [6.07, 6.45) is 1.61. The number of nitrogens with zero attached hydrogens (tertiary/aromatic N) is 2. The van der Waals surface area contributed by atoms with E-state index in [0.29, 0.717) is 24.6 Å². The minimum Gasteiger partial charge on any atom is -0.497 e. The van der Waals surface area contributed by atoms with Crippen LogP contribution in [0.15, 0.2) is 58.5 Å². The predicted octanol–water partition coefficient (Wildman–Crippen LogP) is 4.55. The molecule has 0 unspecified atom stereocenters. The fourth-order valence-corrected chi connectivity index (χ4v) is 4.15. The van der Waals surface area contributed by atoms with Crippen LogP contribution < -0.4 is 10.1 Å². The van der Waals surface area contributed by atoms with E-state index in [0.717, 1.165) is 33.4 Å². The molecule has 8 heteroatoms. The second-order valence-electron chi connectivity index (χ2n) is 6.83. The van der Waals surface area contributed by atoms with E-state index in [1.807, 2.05) is 59.3 Å². The number of hydrogen-bond donors (Lipinski definition) is 1. The molecule has 1 amide bonds. The van der Waals surface area contributed by atoms with Gasteiger partial charge in [0.15, 0.2) is 0 Å². The summed E-state index contributed by atoms with van der Waals surface area (Å²) >= 11 is 1.54. The number of rotatable bonds is 8. The topological polar surface area (TPSA) is 78.5 Å². The van der Waals surface area contributed by atoms with E-state index in [2.05, 4.69) is 5.32 Å². The van der Waals surface area contributed by atoms with Crippen molar-refractivity contribution in [3.63, 3.8) is 0 Å². The molecule has 0 aliphatic heterocycles. The van der Waals surface area contributed by atoms with Crippen molar-refractivity contribution >= 4 is 17.2 Å². The maximum Gasteiger partial charge on any atom is 0.253 e. The molecule has 0 saturated carbocycles. The Morgan fingerprint density at radius 2 is 2.03 bits per heavy atom. The molecule has 1 N–H and O–H groups in total. The standard InChI is InChI=1S/C23H23N3O4S/c1-15-18(22(27)24-10-12-28-2)13-20(26(15)21-5-4-11-30-21)19-14-31-23(25-19)16-6-8-17(29-3)9-7-16/h4-9,11,13-14H,10,12H2,1-3H3,(H,24,27). The van der Waals surface area contributed by atoms with E-state index in [9.17, 15) is 4.79 Å². The molecule has 3 heterocycles. The molecule has 0 saturated heterocycles. The molecule has 0 aliphatic carbocycles. The zero-order valence-corrected chi connectivity index (χ0v) is 18.4. The van der Waals surface area contributed by atoms with Gasteiger partial charge in [0.25, 0.3) is 5.91 Å². The number of thiazole rings is 1. The number of nitrogens with one attached hydrogen (secondary N) is 1. The summed E-state index contributed by atoms with van der Waals surface area (Å²) in [5.41, 5.74) is 3.91. The number of benzene rings is 1. The van der Waals surface area contributed by atoms with Gasteiger partial charge in [0.1, 0.15) is 10.8 Å². The van der Waals surface area contributed by atoms with E-state index in [1.54, 1.807) is 31.8 Å². The summed E-state index contributed by atoms with van der Waals surface area (Å²) in [6.45, 7) is 2.79. The van der Waals surface area contributed by atoms with Crippen molar-refractivity contribution < 1.29 is 18.7 Å². The lowest BCUT2D eigenvalue weighted by Gasteiger charge is -2.08. The molecule has 0 fully saturated rings. The van der Waals surface area contributed by atoms with E-state index < -0.39 is 0 Å². The third-order valence-corrected chi connectivity index (χ3v) is 5.81. The number of furan rings is 1. The lowest BCUT2D eigenvalue weighted by atomic mass is 10.2. The molecule has 0 radical (unpaired) electrons. The van der Waals surface area contributed by atoms with Crippen molar-refractivity contribution in [1.82, 2.24) is 14.9 Å². The van der Waals surface area contributed by atoms with Crippen molar-refractivity contribution in [1.29, 1.82) is 0 Å². The first-order chi connectivity index (χ1) is 15.1. The fraction of sp³-hybridized carbons (Fsp3) is 0.217. The summed E-state index contributed by atoms with van der Waals surface area (Å²) < 4.78 is 17.8. The van der Waals surface area contributed by atoms with Crippen LogP contribution >= 0.6 is 11.3 Å². The maximum atomic E-state index is 12.8. The zero-order valence-electron chi connectivity index (χ0n) is 17.5. The molecule has 0 atom stereocenters. The van der Waals surface area contributed by atoms with Gasteiger partial charge in [-0.1, -0.05) is 0 Å². The molecular formula is C23H23N3O4S. The zero-order chi connectivity index (χ0) is 21.8.